The molecule has 2 aromatic carbocycles. The average Bonchev–Trinajstić information content (AvgIpc) is 2.66. The van der Waals surface area contributed by atoms with Gasteiger partial charge >= 0.3 is 12.0 Å². The van der Waals surface area contributed by atoms with E-state index in [0.29, 0.717) is 16.1 Å². The number of hydrogen-bond donors (Lipinski definition) is 2. The lowest BCUT2D eigenvalue weighted by atomic mass is 10.1. The van der Waals surface area contributed by atoms with Crippen molar-refractivity contribution in [2.24, 2.45) is 0 Å². The summed E-state index contributed by atoms with van der Waals surface area (Å²) in [7, 11) is 1.37. The van der Waals surface area contributed by atoms with E-state index in [1.165, 1.54) is 19.2 Å². The maximum atomic E-state index is 12.3. The van der Waals surface area contributed by atoms with Crippen LogP contribution in [0.15, 0.2) is 60.7 Å². The molecule has 0 spiro atoms. The van der Waals surface area contributed by atoms with Crippen LogP contribution < -0.4 is 10.6 Å². The van der Waals surface area contributed by atoms with Gasteiger partial charge in [0.1, 0.15) is 0 Å². The van der Waals surface area contributed by atoms with Crippen molar-refractivity contribution < 1.29 is 19.1 Å². The molecule has 0 fully saturated rings. The first kappa shape index (κ1) is 19.2. The summed E-state index contributed by atoms with van der Waals surface area (Å²) in [4.78, 5) is 35.8. The molecule has 0 unspecified atom stereocenters. The number of nitrogens with one attached hydrogen (secondary N) is 2. The Labute approximate surface area is 155 Å². The average molecular weight is 373 g/mol. The summed E-state index contributed by atoms with van der Waals surface area (Å²) in [5.74, 6) is -1.50. The smallest absolute Gasteiger partial charge is 0.331 e. The first-order valence-electron chi connectivity index (χ1n) is 7.72. The summed E-state index contributed by atoms with van der Waals surface area (Å²) in [5.41, 5.74) is 1.07. The highest BCUT2D eigenvalue weighted by Crippen LogP contribution is 2.19. The number of hydrogen-bond acceptors (Lipinski definition) is 4. The molecule has 0 aliphatic rings. The summed E-state index contributed by atoms with van der Waals surface area (Å²) in [6, 6.07) is 14.7. The van der Waals surface area contributed by atoms with Gasteiger partial charge in [-0.1, -0.05) is 60.1 Å². The van der Waals surface area contributed by atoms with Crippen LogP contribution in [0.4, 0.5) is 4.79 Å². The quantitative estimate of drug-likeness (QED) is 0.624. The Kier molecular flexibility index (Phi) is 6.93. The van der Waals surface area contributed by atoms with Crippen LogP contribution in [0.5, 0.6) is 0 Å². The van der Waals surface area contributed by atoms with E-state index in [2.05, 4.69) is 10.6 Å². The molecular formula is C19H17ClN2O4. The van der Waals surface area contributed by atoms with Gasteiger partial charge in [0.25, 0.3) is 5.91 Å². The monoisotopic (exact) mass is 372 g/mol. The molecule has 0 saturated heterocycles. The van der Waals surface area contributed by atoms with E-state index < -0.39 is 24.0 Å². The number of halogens is 1. The number of benzene rings is 2. The van der Waals surface area contributed by atoms with Gasteiger partial charge in [-0.3, -0.25) is 10.1 Å². The van der Waals surface area contributed by atoms with Crippen molar-refractivity contribution in [3.63, 3.8) is 0 Å². The van der Waals surface area contributed by atoms with E-state index >= 15 is 0 Å². The maximum Gasteiger partial charge on any atom is 0.331 e. The number of carbonyl (C=O) groups excluding carboxylic acids is 3. The lowest BCUT2D eigenvalue weighted by Crippen LogP contribution is -2.41. The lowest BCUT2D eigenvalue weighted by molar-refractivity contribution is -0.151. The summed E-state index contributed by atoms with van der Waals surface area (Å²) < 4.78 is 5.24. The zero-order valence-corrected chi connectivity index (χ0v) is 14.7. The van der Waals surface area contributed by atoms with Gasteiger partial charge in [0, 0.05) is 23.7 Å². The van der Waals surface area contributed by atoms with Crippen LogP contribution in [-0.2, 0) is 14.3 Å². The number of carbonyl (C=O) groups is 3. The molecule has 2 aromatic rings. The number of esters is 1. The number of amides is 3. The molecule has 0 aromatic heterocycles. The third-order valence-corrected chi connectivity index (χ3v) is 3.69. The van der Waals surface area contributed by atoms with E-state index in [1.54, 1.807) is 54.6 Å². The molecule has 0 aliphatic carbocycles. The first-order chi connectivity index (χ1) is 12.5. The molecule has 26 heavy (non-hydrogen) atoms. The van der Waals surface area contributed by atoms with Crippen LogP contribution in [0.2, 0.25) is 5.02 Å². The second-order valence-corrected chi connectivity index (χ2v) is 5.56. The Morgan fingerprint density at radius 1 is 1.04 bits per heavy atom. The van der Waals surface area contributed by atoms with E-state index in [4.69, 9.17) is 16.3 Å². The molecule has 7 heteroatoms. The highest BCUT2D eigenvalue weighted by atomic mass is 35.5. The second kappa shape index (κ2) is 9.39. The third-order valence-electron chi connectivity index (χ3n) is 3.34. The van der Waals surface area contributed by atoms with Gasteiger partial charge in [0.05, 0.1) is 0 Å². The topological polar surface area (TPSA) is 84.5 Å². The highest BCUT2D eigenvalue weighted by Gasteiger charge is 2.25. The zero-order chi connectivity index (χ0) is 18.9. The minimum absolute atomic E-state index is 0.438. The van der Waals surface area contributed by atoms with E-state index in [1.807, 2.05) is 0 Å². The molecule has 2 N–H and O–H groups in total. The lowest BCUT2D eigenvalue weighted by Gasteiger charge is -2.16. The summed E-state index contributed by atoms with van der Waals surface area (Å²) >= 11 is 6.02. The molecule has 0 bridgehead atoms. The molecule has 3 amide bonds. The van der Waals surface area contributed by atoms with Crippen LogP contribution in [0, 0.1) is 0 Å². The summed E-state index contributed by atoms with van der Waals surface area (Å²) in [6.45, 7) is 0. The van der Waals surface area contributed by atoms with Gasteiger partial charge in [-0.2, -0.15) is 0 Å². The van der Waals surface area contributed by atoms with Crippen LogP contribution in [0.3, 0.4) is 0 Å². The van der Waals surface area contributed by atoms with Crippen molar-refractivity contribution in [1.82, 2.24) is 10.6 Å². The fraction of sp³-hybridized carbons (Fsp3) is 0.105. The molecule has 134 valence electrons. The molecular weight excluding hydrogens is 356 g/mol. The van der Waals surface area contributed by atoms with Gasteiger partial charge in [-0.25, -0.2) is 9.59 Å². The molecule has 0 radical (unpaired) electrons. The van der Waals surface area contributed by atoms with E-state index in [0.717, 1.165) is 0 Å². The Balaban J connectivity index is 2.15. The van der Waals surface area contributed by atoms with Gasteiger partial charge in [-0.15, -0.1) is 0 Å². The van der Waals surface area contributed by atoms with Crippen molar-refractivity contribution in [2.75, 3.05) is 7.05 Å². The minimum atomic E-state index is -1.27. The first-order valence-corrected chi connectivity index (χ1v) is 8.10. The Morgan fingerprint density at radius 2 is 1.69 bits per heavy atom. The SMILES string of the molecule is CNC(=O)NC(=O)[C@H](OC(=O)/C=C/c1ccccc1Cl)c1ccccc1. The number of ether oxygens (including phenoxy) is 1. The van der Waals surface area contributed by atoms with Crippen LogP contribution in [-0.4, -0.2) is 25.0 Å². The number of urea groups is 1. The van der Waals surface area contributed by atoms with Crippen LogP contribution >= 0.6 is 11.6 Å². The fourth-order valence-corrected chi connectivity index (χ4v) is 2.26. The van der Waals surface area contributed by atoms with Crippen molar-refractivity contribution in [3.8, 4) is 0 Å². The van der Waals surface area contributed by atoms with Crippen molar-refractivity contribution in [2.45, 2.75) is 6.10 Å². The van der Waals surface area contributed by atoms with E-state index in [9.17, 15) is 14.4 Å². The largest absolute Gasteiger partial charge is 0.444 e. The molecule has 2 rings (SSSR count). The molecule has 1 atom stereocenters. The molecule has 0 heterocycles. The normalized spacial score (nSPS) is 11.6. The van der Waals surface area contributed by atoms with Crippen LogP contribution in [0.1, 0.15) is 17.2 Å². The highest BCUT2D eigenvalue weighted by molar-refractivity contribution is 6.32. The van der Waals surface area contributed by atoms with Crippen molar-refractivity contribution in [1.29, 1.82) is 0 Å². The fourth-order valence-electron chi connectivity index (χ4n) is 2.06. The van der Waals surface area contributed by atoms with Gasteiger partial charge in [-0.05, 0) is 17.7 Å². The van der Waals surface area contributed by atoms with Gasteiger partial charge < -0.3 is 10.1 Å². The second-order valence-electron chi connectivity index (χ2n) is 5.15. The van der Waals surface area contributed by atoms with Crippen molar-refractivity contribution >= 4 is 35.6 Å². The molecule has 0 aliphatic heterocycles. The van der Waals surface area contributed by atoms with Gasteiger partial charge in [0.2, 0.25) is 6.10 Å². The summed E-state index contributed by atoms with van der Waals surface area (Å²) in [5, 5.41) is 4.85. The standard InChI is InChI=1S/C19H17ClN2O4/c1-21-19(25)22-18(24)17(14-8-3-2-4-9-14)26-16(23)12-11-13-7-5-6-10-15(13)20/h2-12,17H,1H3,(H2,21,22,24,25)/b12-11+/t17-/m1/s1. The Morgan fingerprint density at radius 3 is 2.35 bits per heavy atom. The molecule has 0 saturated carbocycles. The predicted octanol–water partition coefficient (Wildman–Crippen LogP) is 3.09. The summed E-state index contributed by atoms with van der Waals surface area (Å²) in [6.07, 6.45) is 1.39. The Hall–Kier alpha value is -3.12. The number of imide groups is 1. The van der Waals surface area contributed by atoms with Gasteiger partial charge in [0.15, 0.2) is 0 Å². The predicted molar refractivity (Wildman–Crippen MR) is 98.4 cm³/mol. The van der Waals surface area contributed by atoms with Crippen molar-refractivity contribution in [3.05, 3.63) is 76.8 Å². The Bertz CT molecular complexity index is 821. The van der Waals surface area contributed by atoms with Crippen LogP contribution in [0.25, 0.3) is 6.08 Å². The minimum Gasteiger partial charge on any atom is -0.444 e. The third kappa shape index (κ3) is 5.46. The zero-order valence-electron chi connectivity index (χ0n) is 13.9. The van der Waals surface area contributed by atoms with E-state index in [-0.39, 0.29) is 0 Å². The molecule has 6 nitrogen and oxygen atoms in total. The number of rotatable bonds is 5. The maximum absolute atomic E-state index is 12.3.